The lowest BCUT2D eigenvalue weighted by atomic mass is 10.1. The fraction of sp³-hybridized carbons (Fsp3) is 0.125. The summed E-state index contributed by atoms with van der Waals surface area (Å²) in [6.45, 7) is 0. The topological polar surface area (TPSA) is 70.9 Å². The summed E-state index contributed by atoms with van der Waals surface area (Å²) in [5.41, 5.74) is 3.68. The molecule has 0 aromatic heterocycles. The molecule has 0 heterocycles. The molecule has 22 heavy (non-hydrogen) atoms. The van der Waals surface area contributed by atoms with E-state index in [1.54, 1.807) is 18.2 Å². The number of carbonyl (C=O) groups is 1. The zero-order valence-corrected chi connectivity index (χ0v) is 11.9. The van der Waals surface area contributed by atoms with Crippen LogP contribution in [-0.4, -0.2) is 24.3 Å². The monoisotopic (exact) mass is 302 g/mol. The molecule has 0 unspecified atom stereocenters. The van der Waals surface area contributed by atoms with Crippen molar-refractivity contribution in [1.29, 1.82) is 0 Å². The Morgan fingerprint density at radius 3 is 2.73 bits per heavy atom. The minimum atomic E-state index is -0.346. The van der Waals surface area contributed by atoms with E-state index in [0.29, 0.717) is 16.9 Å². The van der Waals surface area contributed by atoms with Gasteiger partial charge in [0.1, 0.15) is 17.3 Å². The average molecular weight is 302 g/mol. The number of rotatable bonds is 5. The molecule has 0 atom stereocenters. The zero-order chi connectivity index (χ0) is 15.9. The summed E-state index contributed by atoms with van der Waals surface area (Å²) in [6, 6.07) is 10.2. The van der Waals surface area contributed by atoms with Crippen LogP contribution in [0, 0.1) is 5.82 Å². The summed E-state index contributed by atoms with van der Waals surface area (Å²) in [5.74, 6) is -0.145. The highest BCUT2D eigenvalue weighted by Crippen LogP contribution is 2.22. The number of methoxy groups -OCH3 is 1. The third-order valence-corrected chi connectivity index (χ3v) is 2.89. The third kappa shape index (κ3) is 4.31. The Morgan fingerprint density at radius 2 is 2.05 bits per heavy atom. The van der Waals surface area contributed by atoms with Crippen molar-refractivity contribution in [3.63, 3.8) is 0 Å². The Kier molecular flexibility index (Phi) is 5.08. The second-order valence-electron chi connectivity index (χ2n) is 4.52. The Balaban J connectivity index is 1.94. The highest BCUT2D eigenvalue weighted by atomic mass is 19.1. The maximum absolute atomic E-state index is 12.8. The summed E-state index contributed by atoms with van der Waals surface area (Å²) in [7, 11) is 1.47. The van der Waals surface area contributed by atoms with Gasteiger partial charge in [-0.25, -0.2) is 9.82 Å². The Morgan fingerprint density at radius 1 is 1.32 bits per heavy atom. The van der Waals surface area contributed by atoms with Gasteiger partial charge in [0.25, 0.3) is 0 Å². The first-order valence-corrected chi connectivity index (χ1v) is 6.52. The Hall–Kier alpha value is -2.89. The maximum Gasteiger partial charge on any atom is 0.244 e. The van der Waals surface area contributed by atoms with Crippen molar-refractivity contribution in [2.24, 2.45) is 5.10 Å². The van der Waals surface area contributed by atoms with Gasteiger partial charge in [0.2, 0.25) is 5.91 Å². The van der Waals surface area contributed by atoms with Gasteiger partial charge in [-0.1, -0.05) is 12.1 Å². The molecule has 0 spiro atoms. The van der Waals surface area contributed by atoms with Gasteiger partial charge in [-0.2, -0.15) is 5.10 Å². The Labute approximate surface area is 127 Å². The van der Waals surface area contributed by atoms with Crippen molar-refractivity contribution < 1.29 is 19.0 Å². The van der Waals surface area contributed by atoms with Crippen LogP contribution < -0.4 is 10.2 Å². The first kappa shape index (κ1) is 15.5. The van der Waals surface area contributed by atoms with Gasteiger partial charge >= 0.3 is 0 Å². The van der Waals surface area contributed by atoms with Gasteiger partial charge in [0.05, 0.1) is 19.7 Å². The van der Waals surface area contributed by atoms with Gasteiger partial charge in [-0.05, 0) is 29.8 Å². The number of hydrogen-bond acceptors (Lipinski definition) is 4. The number of hydrogen-bond donors (Lipinski definition) is 2. The number of halogens is 1. The van der Waals surface area contributed by atoms with Crippen LogP contribution in [0.5, 0.6) is 11.5 Å². The molecule has 0 aliphatic carbocycles. The highest BCUT2D eigenvalue weighted by Gasteiger charge is 2.04. The molecule has 0 aliphatic heterocycles. The van der Waals surface area contributed by atoms with E-state index in [1.807, 2.05) is 0 Å². The molecule has 114 valence electrons. The molecule has 0 bridgehead atoms. The number of aromatic hydroxyl groups is 1. The van der Waals surface area contributed by atoms with Gasteiger partial charge in [-0.15, -0.1) is 0 Å². The van der Waals surface area contributed by atoms with Crippen LogP contribution in [0.15, 0.2) is 47.6 Å². The van der Waals surface area contributed by atoms with E-state index in [9.17, 15) is 14.3 Å². The number of phenolic OH excluding ortho intramolecular Hbond substituents is 1. The van der Waals surface area contributed by atoms with E-state index in [4.69, 9.17) is 4.74 Å². The van der Waals surface area contributed by atoms with Gasteiger partial charge in [-0.3, -0.25) is 4.79 Å². The molecule has 0 radical (unpaired) electrons. The van der Waals surface area contributed by atoms with E-state index in [1.165, 1.54) is 37.6 Å². The predicted octanol–water partition coefficient (Wildman–Crippen LogP) is 2.23. The quantitative estimate of drug-likeness (QED) is 0.657. The lowest BCUT2D eigenvalue weighted by molar-refractivity contribution is -0.120. The average Bonchev–Trinajstić information content (AvgIpc) is 2.51. The van der Waals surface area contributed by atoms with Crippen molar-refractivity contribution >= 4 is 12.1 Å². The molecule has 2 aromatic carbocycles. The molecule has 2 rings (SSSR count). The molecule has 0 saturated heterocycles. The maximum atomic E-state index is 12.8. The highest BCUT2D eigenvalue weighted by molar-refractivity contribution is 5.86. The fourth-order valence-corrected chi connectivity index (χ4v) is 1.81. The number of nitrogens with one attached hydrogen (secondary N) is 1. The van der Waals surface area contributed by atoms with Crippen LogP contribution in [0.25, 0.3) is 0 Å². The number of carbonyl (C=O) groups excluding carboxylic acids is 1. The second kappa shape index (κ2) is 7.21. The van der Waals surface area contributed by atoms with Crippen LogP contribution in [0.3, 0.4) is 0 Å². The SMILES string of the molecule is COc1cc(O)ccc1/C=N/NC(=O)Cc1ccc(F)cc1. The van der Waals surface area contributed by atoms with Crippen molar-refractivity contribution in [2.75, 3.05) is 7.11 Å². The first-order chi connectivity index (χ1) is 10.6. The second-order valence-corrected chi connectivity index (χ2v) is 4.52. The van der Waals surface area contributed by atoms with Crippen molar-refractivity contribution in [1.82, 2.24) is 5.43 Å². The van der Waals surface area contributed by atoms with Crippen LogP contribution in [0.4, 0.5) is 4.39 Å². The molecular weight excluding hydrogens is 287 g/mol. The Bertz CT molecular complexity index is 684. The molecule has 0 fully saturated rings. The molecule has 0 saturated carbocycles. The van der Waals surface area contributed by atoms with Gasteiger partial charge in [0.15, 0.2) is 0 Å². The standard InChI is InChI=1S/C16H15FN2O3/c1-22-15-9-14(20)7-4-12(15)10-18-19-16(21)8-11-2-5-13(17)6-3-11/h2-7,9-10,20H,8H2,1H3,(H,19,21)/b18-10+. The van der Waals surface area contributed by atoms with Crippen molar-refractivity contribution in [2.45, 2.75) is 6.42 Å². The van der Waals surface area contributed by atoms with Crippen LogP contribution in [0.2, 0.25) is 0 Å². The van der Waals surface area contributed by atoms with E-state index >= 15 is 0 Å². The third-order valence-electron chi connectivity index (χ3n) is 2.89. The summed E-state index contributed by atoms with van der Waals surface area (Å²) < 4.78 is 17.9. The normalized spacial score (nSPS) is 10.6. The summed E-state index contributed by atoms with van der Waals surface area (Å²) in [5, 5.41) is 13.2. The molecule has 0 aliphatic rings. The first-order valence-electron chi connectivity index (χ1n) is 6.52. The summed E-state index contributed by atoms with van der Waals surface area (Å²) in [6.07, 6.45) is 1.52. The number of phenols is 1. The largest absolute Gasteiger partial charge is 0.508 e. The molecular formula is C16H15FN2O3. The molecule has 1 amide bonds. The summed E-state index contributed by atoms with van der Waals surface area (Å²) in [4.78, 5) is 11.7. The molecule has 2 N–H and O–H groups in total. The van der Waals surface area contributed by atoms with Crippen molar-refractivity contribution in [3.05, 3.63) is 59.4 Å². The number of nitrogens with zero attached hydrogens (tertiary/aromatic N) is 1. The van der Waals surface area contributed by atoms with Gasteiger partial charge < -0.3 is 9.84 Å². The molecule has 6 heteroatoms. The van der Waals surface area contributed by atoms with Crippen LogP contribution in [-0.2, 0) is 11.2 Å². The summed E-state index contributed by atoms with van der Waals surface area (Å²) >= 11 is 0. The number of amides is 1. The van der Waals surface area contributed by atoms with Crippen LogP contribution in [0.1, 0.15) is 11.1 Å². The van der Waals surface area contributed by atoms with E-state index < -0.39 is 0 Å². The molecule has 5 nitrogen and oxygen atoms in total. The number of ether oxygens (including phenoxy) is 1. The van der Waals surface area contributed by atoms with E-state index in [0.717, 1.165) is 0 Å². The number of hydrazone groups is 1. The van der Waals surface area contributed by atoms with Crippen molar-refractivity contribution in [3.8, 4) is 11.5 Å². The smallest absolute Gasteiger partial charge is 0.244 e. The fourth-order valence-electron chi connectivity index (χ4n) is 1.81. The van der Waals surface area contributed by atoms with E-state index in [-0.39, 0.29) is 23.9 Å². The zero-order valence-electron chi connectivity index (χ0n) is 11.9. The van der Waals surface area contributed by atoms with E-state index in [2.05, 4.69) is 10.5 Å². The lowest BCUT2D eigenvalue weighted by Crippen LogP contribution is -2.19. The molecule has 2 aromatic rings. The lowest BCUT2D eigenvalue weighted by Gasteiger charge is -2.04. The van der Waals surface area contributed by atoms with Crippen LogP contribution >= 0.6 is 0 Å². The minimum absolute atomic E-state index is 0.0781. The number of benzene rings is 2. The van der Waals surface area contributed by atoms with Gasteiger partial charge in [0, 0.05) is 11.6 Å². The minimum Gasteiger partial charge on any atom is -0.508 e. The predicted molar refractivity (Wildman–Crippen MR) is 80.5 cm³/mol.